The van der Waals surface area contributed by atoms with E-state index in [0.717, 1.165) is 10.5 Å². The van der Waals surface area contributed by atoms with Crippen LogP contribution in [0.15, 0.2) is 35.5 Å². The number of oxime groups is 1. The number of hydrogen-bond acceptors (Lipinski definition) is 4. The lowest BCUT2D eigenvalue weighted by atomic mass is 9.96. The van der Waals surface area contributed by atoms with E-state index in [-0.39, 0.29) is 6.42 Å². The van der Waals surface area contributed by atoms with Crippen LogP contribution < -0.4 is 0 Å². The highest BCUT2D eigenvalue weighted by Gasteiger charge is 2.54. The maximum absolute atomic E-state index is 13.0. The summed E-state index contributed by atoms with van der Waals surface area (Å²) in [5.41, 5.74) is 1.29. The Morgan fingerprint density at radius 3 is 2.44 bits per heavy atom. The summed E-state index contributed by atoms with van der Waals surface area (Å²) >= 11 is 0. The lowest BCUT2D eigenvalue weighted by molar-refractivity contribution is -0.188. The topological polar surface area (TPSA) is 79.2 Å². The summed E-state index contributed by atoms with van der Waals surface area (Å²) < 4.78 is 39.0. The molecule has 9 heteroatoms. The first-order valence-electron chi connectivity index (χ1n) is 7.64. The zero-order valence-corrected chi connectivity index (χ0v) is 12.9. The fourth-order valence-electron chi connectivity index (χ4n) is 3.08. The summed E-state index contributed by atoms with van der Waals surface area (Å²) in [5, 5.41) is 12.8. The van der Waals surface area contributed by atoms with Crippen molar-refractivity contribution in [2.45, 2.75) is 18.7 Å². The Morgan fingerprint density at radius 1 is 1.20 bits per heavy atom. The molecule has 0 aliphatic carbocycles. The van der Waals surface area contributed by atoms with Crippen LogP contribution in [0.1, 0.15) is 12.0 Å². The van der Waals surface area contributed by atoms with E-state index in [0.29, 0.717) is 5.71 Å². The largest absolute Gasteiger partial charge is 0.481 e. The van der Waals surface area contributed by atoms with E-state index in [1.54, 1.807) is 24.3 Å². The van der Waals surface area contributed by atoms with Crippen LogP contribution in [0.4, 0.5) is 13.2 Å². The second-order valence-electron chi connectivity index (χ2n) is 6.04. The smallest absolute Gasteiger partial charge is 0.394 e. The average Bonchev–Trinajstić information content (AvgIpc) is 3.22. The lowest BCUT2D eigenvalue weighted by Gasteiger charge is -2.20. The summed E-state index contributed by atoms with van der Waals surface area (Å²) in [4.78, 5) is 29.5. The van der Waals surface area contributed by atoms with Crippen LogP contribution in [0.3, 0.4) is 0 Å². The number of likely N-dealkylation sites (tertiary alicyclic amines) is 1. The van der Waals surface area contributed by atoms with Crippen molar-refractivity contribution in [1.29, 1.82) is 0 Å². The Balaban J connectivity index is 1.68. The van der Waals surface area contributed by atoms with Gasteiger partial charge in [0.2, 0.25) is 6.10 Å². The van der Waals surface area contributed by atoms with Crippen LogP contribution in [0, 0.1) is 11.8 Å². The average molecular weight is 356 g/mol. The molecule has 1 saturated heterocycles. The molecule has 0 aromatic heterocycles. The van der Waals surface area contributed by atoms with Crippen molar-refractivity contribution in [3.05, 3.63) is 35.9 Å². The van der Waals surface area contributed by atoms with E-state index in [9.17, 15) is 22.8 Å². The molecule has 6 nitrogen and oxygen atoms in total. The number of alkyl halides is 3. The number of aliphatic carboxylic acids is 1. The molecule has 0 bridgehead atoms. The molecule has 3 atom stereocenters. The summed E-state index contributed by atoms with van der Waals surface area (Å²) in [6.07, 6.45) is -5.58. The van der Waals surface area contributed by atoms with E-state index in [2.05, 4.69) is 5.16 Å². The molecule has 25 heavy (non-hydrogen) atoms. The van der Waals surface area contributed by atoms with E-state index >= 15 is 0 Å². The third-order valence-electron chi connectivity index (χ3n) is 4.42. The summed E-state index contributed by atoms with van der Waals surface area (Å²) in [7, 11) is 0. The molecule has 1 amide bonds. The number of carboxylic acid groups (broad SMARTS) is 1. The van der Waals surface area contributed by atoms with Gasteiger partial charge < -0.3 is 14.8 Å². The quantitative estimate of drug-likeness (QED) is 0.897. The zero-order chi connectivity index (χ0) is 18.2. The Labute approximate surface area is 140 Å². The number of hydrogen-bond donors (Lipinski definition) is 1. The first kappa shape index (κ1) is 17.2. The van der Waals surface area contributed by atoms with Crippen molar-refractivity contribution in [2.75, 3.05) is 13.1 Å². The number of benzene rings is 1. The maximum atomic E-state index is 13.0. The van der Waals surface area contributed by atoms with Gasteiger partial charge in [0.1, 0.15) is 0 Å². The molecule has 2 aliphatic rings. The minimum Gasteiger partial charge on any atom is -0.481 e. The molecule has 0 spiro atoms. The van der Waals surface area contributed by atoms with Gasteiger partial charge in [-0.2, -0.15) is 13.2 Å². The Hall–Kier alpha value is -2.58. The summed E-state index contributed by atoms with van der Waals surface area (Å²) in [6.45, 7) is -1.17. The van der Waals surface area contributed by atoms with Crippen molar-refractivity contribution in [3.8, 4) is 0 Å². The molecule has 3 rings (SSSR count). The van der Waals surface area contributed by atoms with Crippen LogP contribution in [0.5, 0.6) is 0 Å². The Kier molecular flexibility index (Phi) is 4.40. The van der Waals surface area contributed by atoms with Crippen molar-refractivity contribution in [1.82, 2.24) is 4.90 Å². The highest BCUT2D eigenvalue weighted by molar-refractivity contribution is 6.04. The van der Waals surface area contributed by atoms with Crippen LogP contribution in [0.25, 0.3) is 0 Å². The Bertz CT molecular complexity index is 705. The van der Waals surface area contributed by atoms with E-state index in [1.807, 2.05) is 6.07 Å². The lowest BCUT2D eigenvalue weighted by Crippen LogP contribution is -2.39. The highest BCUT2D eigenvalue weighted by atomic mass is 19.4. The third-order valence-corrected chi connectivity index (χ3v) is 4.42. The molecule has 134 valence electrons. The van der Waals surface area contributed by atoms with E-state index in [1.165, 1.54) is 0 Å². The number of rotatable bonds is 3. The molecule has 1 fully saturated rings. The van der Waals surface area contributed by atoms with Gasteiger partial charge in [-0.15, -0.1) is 0 Å². The van der Waals surface area contributed by atoms with Crippen molar-refractivity contribution in [2.24, 2.45) is 17.0 Å². The maximum Gasteiger partial charge on any atom is 0.394 e. The molecular weight excluding hydrogens is 341 g/mol. The minimum atomic E-state index is -4.68. The zero-order valence-electron chi connectivity index (χ0n) is 12.9. The summed E-state index contributed by atoms with van der Waals surface area (Å²) in [6, 6.07) is 8.96. The van der Waals surface area contributed by atoms with Gasteiger partial charge >= 0.3 is 12.1 Å². The number of carboxylic acids is 1. The highest BCUT2D eigenvalue weighted by Crippen LogP contribution is 2.38. The SMILES string of the molecule is O=C(O)[C@@H]1CN(C(=O)C2CC(c3ccccc3)=NO2)C[C@H]1C(F)(F)F. The predicted octanol–water partition coefficient (Wildman–Crippen LogP) is 1.90. The molecule has 2 aliphatic heterocycles. The van der Waals surface area contributed by atoms with Crippen molar-refractivity contribution in [3.63, 3.8) is 0 Å². The fourth-order valence-corrected chi connectivity index (χ4v) is 3.08. The summed E-state index contributed by atoms with van der Waals surface area (Å²) in [5.74, 6) is -5.98. The van der Waals surface area contributed by atoms with Gasteiger partial charge in [0, 0.05) is 19.5 Å². The minimum absolute atomic E-state index is 0.133. The van der Waals surface area contributed by atoms with Gasteiger partial charge in [0.25, 0.3) is 5.91 Å². The van der Waals surface area contributed by atoms with E-state index in [4.69, 9.17) is 9.94 Å². The van der Waals surface area contributed by atoms with Crippen LogP contribution in [-0.2, 0) is 14.4 Å². The van der Waals surface area contributed by atoms with Crippen molar-refractivity contribution >= 4 is 17.6 Å². The van der Waals surface area contributed by atoms with Crippen LogP contribution in [-0.4, -0.2) is 53.0 Å². The number of nitrogens with zero attached hydrogens (tertiary/aromatic N) is 2. The molecule has 1 unspecified atom stereocenters. The first-order chi connectivity index (χ1) is 11.8. The molecular formula is C16H15F3N2O4. The third kappa shape index (κ3) is 3.45. The van der Waals surface area contributed by atoms with Gasteiger partial charge in [-0.1, -0.05) is 35.5 Å². The molecule has 1 N–H and O–H groups in total. The van der Waals surface area contributed by atoms with Crippen LogP contribution >= 0.6 is 0 Å². The number of carbonyl (C=O) groups is 2. The van der Waals surface area contributed by atoms with Gasteiger partial charge in [-0.25, -0.2) is 0 Å². The second kappa shape index (κ2) is 6.38. The number of carbonyl (C=O) groups excluding carboxylic acids is 1. The first-order valence-corrected chi connectivity index (χ1v) is 7.64. The van der Waals surface area contributed by atoms with Crippen LogP contribution in [0.2, 0.25) is 0 Å². The van der Waals surface area contributed by atoms with Gasteiger partial charge in [0.15, 0.2) is 0 Å². The molecule has 0 saturated carbocycles. The second-order valence-corrected chi connectivity index (χ2v) is 6.04. The van der Waals surface area contributed by atoms with Gasteiger partial charge in [0.05, 0.1) is 17.5 Å². The van der Waals surface area contributed by atoms with Crippen molar-refractivity contribution < 1.29 is 32.7 Å². The molecule has 2 heterocycles. The standard InChI is InChI=1S/C16H15F3N2O4/c17-16(18,19)11-8-21(7-10(11)15(23)24)14(22)13-6-12(20-25-13)9-4-2-1-3-5-9/h1-5,10-11,13H,6-8H2,(H,23,24)/t10-,11-,13?/m1/s1. The molecule has 1 aromatic rings. The Morgan fingerprint density at radius 2 is 1.88 bits per heavy atom. The number of halogens is 3. The normalized spacial score (nSPS) is 26.3. The fraction of sp³-hybridized carbons (Fsp3) is 0.438. The molecule has 1 aromatic carbocycles. The van der Waals surface area contributed by atoms with E-state index < -0.39 is 49.1 Å². The monoisotopic (exact) mass is 356 g/mol. The predicted molar refractivity (Wildman–Crippen MR) is 79.7 cm³/mol. The van der Waals surface area contributed by atoms with Gasteiger partial charge in [-0.05, 0) is 5.56 Å². The number of amides is 1. The molecule has 0 radical (unpaired) electrons. The van der Waals surface area contributed by atoms with Gasteiger partial charge in [-0.3, -0.25) is 9.59 Å².